The molecule has 8 nitrogen and oxygen atoms in total. The van der Waals surface area contributed by atoms with E-state index in [0.717, 1.165) is 12.3 Å². The quantitative estimate of drug-likeness (QED) is 0.749. The minimum atomic E-state index is -4.42. The molecule has 0 radical (unpaired) electrons. The second-order valence-corrected chi connectivity index (χ2v) is 7.45. The second-order valence-electron chi connectivity index (χ2n) is 7.45. The number of hydrogen-bond donors (Lipinski definition) is 0. The molecule has 4 rings (SSSR count). The molecule has 2 aliphatic rings. The normalized spacial score (nSPS) is 17.8. The number of hydrogen-bond acceptors (Lipinski definition) is 6. The highest BCUT2D eigenvalue weighted by atomic mass is 19.4. The fourth-order valence-corrected chi connectivity index (χ4v) is 3.58. The first-order valence-electron chi connectivity index (χ1n) is 9.52. The summed E-state index contributed by atoms with van der Waals surface area (Å²) in [6.07, 6.45) is -3.59. The third kappa shape index (κ3) is 3.96. The molecule has 2 aromatic rings. The monoisotopic (exact) mass is 423 g/mol. The number of rotatable bonds is 3. The molecular formula is C19H20F3N5O3. The average Bonchev–Trinajstić information content (AvgIpc) is 3.12. The van der Waals surface area contributed by atoms with Crippen LogP contribution in [-0.4, -0.2) is 71.0 Å². The number of halogens is 3. The maximum absolute atomic E-state index is 12.7. The summed E-state index contributed by atoms with van der Waals surface area (Å²) in [7, 11) is 0. The molecule has 0 spiro atoms. The van der Waals surface area contributed by atoms with E-state index in [1.165, 1.54) is 6.07 Å². The molecule has 0 saturated carbocycles. The fraction of sp³-hybridized carbons (Fsp3) is 0.474. The lowest BCUT2D eigenvalue weighted by Crippen LogP contribution is -2.59. The van der Waals surface area contributed by atoms with Gasteiger partial charge in [0.1, 0.15) is 11.6 Å². The zero-order chi connectivity index (χ0) is 21.5. The summed E-state index contributed by atoms with van der Waals surface area (Å²) in [5.41, 5.74) is -0.555. The third-order valence-corrected chi connectivity index (χ3v) is 5.36. The van der Waals surface area contributed by atoms with Gasteiger partial charge in [0.15, 0.2) is 5.69 Å². The number of nitrogens with zero attached hydrogens (tertiary/aromatic N) is 5. The van der Waals surface area contributed by atoms with Crippen molar-refractivity contribution in [3.05, 3.63) is 41.4 Å². The van der Waals surface area contributed by atoms with Crippen molar-refractivity contribution in [2.24, 2.45) is 5.92 Å². The predicted octanol–water partition coefficient (Wildman–Crippen LogP) is 1.82. The average molecular weight is 423 g/mol. The number of carbonyl (C=O) groups is 2. The van der Waals surface area contributed by atoms with Crippen molar-refractivity contribution in [3.8, 4) is 0 Å². The Hall–Kier alpha value is -3.11. The molecule has 4 heterocycles. The van der Waals surface area contributed by atoms with Crippen LogP contribution in [0.25, 0.3) is 0 Å². The minimum absolute atomic E-state index is 0.0181. The van der Waals surface area contributed by atoms with Crippen molar-refractivity contribution in [3.63, 3.8) is 0 Å². The highest BCUT2D eigenvalue weighted by Crippen LogP contribution is 2.29. The lowest BCUT2D eigenvalue weighted by Gasteiger charge is -2.42. The number of pyridine rings is 1. The maximum atomic E-state index is 12.7. The van der Waals surface area contributed by atoms with E-state index in [2.05, 4.69) is 10.1 Å². The molecular weight excluding hydrogens is 403 g/mol. The zero-order valence-electron chi connectivity index (χ0n) is 16.2. The Morgan fingerprint density at radius 3 is 2.33 bits per heavy atom. The Labute approximate surface area is 170 Å². The molecule has 0 N–H and O–H groups in total. The van der Waals surface area contributed by atoms with E-state index in [-0.39, 0.29) is 23.4 Å². The van der Waals surface area contributed by atoms with Gasteiger partial charge in [-0.05, 0) is 19.1 Å². The Morgan fingerprint density at radius 1 is 1.10 bits per heavy atom. The van der Waals surface area contributed by atoms with Crippen LogP contribution in [0.2, 0.25) is 0 Å². The highest BCUT2D eigenvalue weighted by Gasteiger charge is 2.39. The Balaban J connectivity index is 1.26. The Kier molecular flexibility index (Phi) is 5.12. The smallest absolute Gasteiger partial charge is 0.361 e. The number of aromatic nitrogens is 2. The summed E-state index contributed by atoms with van der Waals surface area (Å²) >= 11 is 0. The molecule has 0 unspecified atom stereocenters. The van der Waals surface area contributed by atoms with Gasteiger partial charge in [-0.3, -0.25) is 9.59 Å². The minimum Gasteiger partial charge on any atom is -0.361 e. The van der Waals surface area contributed by atoms with Gasteiger partial charge in [-0.2, -0.15) is 13.2 Å². The van der Waals surface area contributed by atoms with Gasteiger partial charge >= 0.3 is 6.18 Å². The molecule has 0 aliphatic carbocycles. The topological polar surface area (TPSA) is 82.8 Å². The molecule has 2 fully saturated rings. The van der Waals surface area contributed by atoms with E-state index >= 15 is 0 Å². The molecule has 0 atom stereocenters. The van der Waals surface area contributed by atoms with Crippen molar-refractivity contribution >= 4 is 17.6 Å². The van der Waals surface area contributed by atoms with Crippen LogP contribution < -0.4 is 4.90 Å². The first kappa shape index (κ1) is 20.2. The van der Waals surface area contributed by atoms with Crippen molar-refractivity contribution in [1.29, 1.82) is 0 Å². The second kappa shape index (κ2) is 7.62. The van der Waals surface area contributed by atoms with Crippen LogP contribution in [0.1, 0.15) is 21.8 Å². The molecule has 2 aliphatic heterocycles. The number of alkyl halides is 3. The predicted molar refractivity (Wildman–Crippen MR) is 98.7 cm³/mol. The molecule has 2 aromatic heterocycles. The summed E-state index contributed by atoms with van der Waals surface area (Å²) in [4.78, 5) is 34.0. The molecule has 0 bridgehead atoms. The van der Waals surface area contributed by atoms with Gasteiger partial charge in [0, 0.05) is 51.5 Å². The van der Waals surface area contributed by atoms with Crippen LogP contribution in [0.15, 0.2) is 28.9 Å². The van der Waals surface area contributed by atoms with Crippen molar-refractivity contribution in [2.75, 3.05) is 44.2 Å². The number of carbonyl (C=O) groups excluding carboxylic acids is 2. The SMILES string of the molecule is Cc1cc(C(=O)N2CC(C(=O)N3CCN(c4ccc(C(F)(F)F)cn4)CC3)C2)no1. The third-order valence-electron chi connectivity index (χ3n) is 5.36. The molecule has 30 heavy (non-hydrogen) atoms. The van der Waals surface area contributed by atoms with E-state index < -0.39 is 11.7 Å². The van der Waals surface area contributed by atoms with Gasteiger partial charge in [0.05, 0.1) is 11.5 Å². The lowest BCUT2D eigenvalue weighted by molar-refractivity contribution is -0.140. The number of aryl methyl sites for hydroxylation is 1. The highest BCUT2D eigenvalue weighted by molar-refractivity contribution is 5.94. The standard InChI is InChI=1S/C19H20F3N5O3/c1-12-8-15(24-30-12)18(29)27-10-13(11-27)17(28)26-6-4-25(5-7-26)16-3-2-14(9-23-16)19(20,21)22/h2-3,8-9,13H,4-7,10-11H2,1H3. The Bertz CT molecular complexity index is 930. The fourth-order valence-electron chi connectivity index (χ4n) is 3.58. The lowest BCUT2D eigenvalue weighted by atomic mass is 9.97. The molecule has 11 heteroatoms. The van der Waals surface area contributed by atoms with Gasteiger partial charge in [0.2, 0.25) is 5.91 Å². The first-order valence-corrected chi connectivity index (χ1v) is 9.52. The van der Waals surface area contributed by atoms with Crippen LogP contribution in [-0.2, 0) is 11.0 Å². The molecule has 0 aromatic carbocycles. The van der Waals surface area contributed by atoms with E-state index in [1.54, 1.807) is 22.8 Å². The van der Waals surface area contributed by atoms with Gasteiger partial charge in [-0.1, -0.05) is 5.16 Å². The van der Waals surface area contributed by atoms with Gasteiger partial charge < -0.3 is 19.2 Å². The van der Waals surface area contributed by atoms with Gasteiger partial charge in [0.25, 0.3) is 5.91 Å². The van der Waals surface area contributed by atoms with E-state index in [0.29, 0.717) is 50.8 Å². The van der Waals surface area contributed by atoms with Gasteiger partial charge in [-0.15, -0.1) is 0 Å². The number of likely N-dealkylation sites (tertiary alicyclic amines) is 1. The van der Waals surface area contributed by atoms with Crippen LogP contribution in [0.3, 0.4) is 0 Å². The van der Waals surface area contributed by atoms with Crippen molar-refractivity contribution < 1.29 is 27.3 Å². The molecule has 160 valence electrons. The number of amides is 2. The van der Waals surface area contributed by atoms with E-state index in [1.807, 2.05) is 4.90 Å². The zero-order valence-corrected chi connectivity index (χ0v) is 16.2. The number of anilines is 1. The van der Waals surface area contributed by atoms with Crippen LogP contribution in [0.4, 0.5) is 19.0 Å². The van der Waals surface area contributed by atoms with Crippen LogP contribution in [0, 0.1) is 12.8 Å². The van der Waals surface area contributed by atoms with Crippen LogP contribution >= 0.6 is 0 Å². The van der Waals surface area contributed by atoms with E-state index in [4.69, 9.17) is 4.52 Å². The maximum Gasteiger partial charge on any atom is 0.417 e. The van der Waals surface area contributed by atoms with E-state index in [9.17, 15) is 22.8 Å². The van der Waals surface area contributed by atoms with Crippen molar-refractivity contribution in [2.45, 2.75) is 13.1 Å². The largest absolute Gasteiger partial charge is 0.417 e. The summed E-state index contributed by atoms with van der Waals surface area (Å²) in [5, 5.41) is 3.70. The van der Waals surface area contributed by atoms with Crippen LogP contribution in [0.5, 0.6) is 0 Å². The van der Waals surface area contributed by atoms with Crippen molar-refractivity contribution in [1.82, 2.24) is 19.9 Å². The summed E-state index contributed by atoms with van der Waals surface area (Å²) in [6.45, 7) is 4.25. The Morgan fingerprint density at radius 2 is 1.80 bits per heavy atom. The number of piperazine rings is 1. The van der Waals surface area contributed by atoms with Gasteiger partial charge in [-0.25, -0.2) is 4.98 Å². The molecule has 2 saturated heterocycles. The molecule has 2 amide bonds. The summed E-state index contributed by atoms with van der Waals surface area (Å²) in [6, 6.07) is 3.92. The first-order chi connectivity index (χ1) is 14.2. The summed E-state index contributed by atoms with van der Waals surface area (Å²) < 4.78 is 42.9. The summed E-state index contributed by atoms with van der Waals surface area (Å²) in [5.74, 6) is 0.479.